The summed E-state index contributed by atoms with van der Waals surface area (Å²) in [5.41, 5.74) is 6.04. The van der Waals surface area contributed by atoms with E-state index in [1.165, 1.54) is 4.88 Å². The van der Waals surface area contributed by atoms with Crippen LogP contribution in [0.3, 0.4) is 0 Å². The Morgan fingerprint density at radius 1 is 0.897 bits per heavy atom. The van der Waals surface area contributed by atoms with E-state index < -0.39 is 18.0 Å². The molecular weight excluding hydrogens is 774 g/mol. The zero-order valence-electron chi connectivity index (χ0n) is 33.5. The summed E-state index contributed by atoms with van der Waals surface area (Å²) >= 11 is 7.94. The fourth-order valence-electron chi connectivity index (χ4n) is 7.92. The second-order valence-corrected chi connectivity index (χ2v) is 17.1. The summed E-state index contributed by atoms with van der Waals surface area (Å²) in [7, 11) is 0. The van der Waals surface area contributed by atoms with Crippen LogP contribution in [0.5, 0.6) is 0 Å². The summed E-state index contributed by atoms with van der Waals surface area (Å²) < 4.78 is 2.07. The van der Waals surface area contributed by atoms with Crippen LogP contribution in [-0.4, -0.2) is 94.3 Å². The first-order valence-electron chi connectivity index (χ1n) is 20.4. The summed E-state index contributed by atoms with van der Waals surface area (Å²) in [6.07, 6.45) is 6.39. The van der Waals surface area contributed by atoms with Crippen molar-refractivity contribution in [3.63, 3.8) is 0 Å². The van der Waals surface area contributed by atoms with E-state index in [2.05, 4.69) is 66.5 Å². The van der Waals surface area contributed by atoms with E-state index in [0.29, 0.717) is 23.8 Å². The van der Waals surface area contributed by atoms with Crippen molar-refractivity contribution in [3.05, 3.63) is 92.3 Å². The van der Waals surface area contributed by atoms with Crippen molar-refractivity contribution in [2.24, 2.45) is 4.99 Å². The van der Waals surface area contributed by atoms with Gasteiger partial charge in [0.05, 0.1) is 18.6 Å². The highest BCUT2D eigenvalue weighted by Gasteiger charge is 2.33. The summed E-state index contributed by atoms with van der Waals surface area (Å²) in [5, 5.41) is 18.8. The van der Waals surface area contributed by atoms with Gasteiger partial charge in [0.15, 0.2) is 5.82 Å². The predicted octanol–water partition coefficient (Wildman–Crippen LogP) is 5.54. The Morgan fingerprint density at radius 2 is 1.62 bits per heavy atom. The number of halogens is 1. The Balaban J connectivity index is 0.798. The number of piperidine rings is 1. The average molecular weight is 826 g/mol. The number of aromatic nitrogens is 3. The van der Waals surface area contributed by atoms with Gasteiger partial charge in [-0.1, -0.05) is 55.1 Å². The third kappa shape index (κ3) is 9.84. The maximum absolute atomic E-state index is 13.3. The molecule has 4 amide bonds. The first kappa shape index (κ1) is 41.2. The topological polar surface area (TPSA) is 154 Å². The number of nitrogens with one attached hydrogen (secondary N) is 3. The lowest BCUT2D eigenvalue weighted by Crippen LogP contribution is -2.52. The maximum atomic E-state index is 13.3. The van der Waals surface area contributed by atoms with Crippen LogP contribution >= 0.6 is 22.9 Å². The Labute approximate surface area is 348 Å². The fraction of sp³-hybridized carbons (Fsp3) is 0.465. The van der Waals surface area contributed by atoms with Gasteiger partial charge in [0.25, 0.3) is 0 Å². The Kier molecular flexibility index (Phi) is 13.4. The lowest BCUT2D eigenvalue weighted by Gasteiger charge is -2.36. The highest BCUT2D eigenvalue weighted by Crippen LogP contribution is 2.39. The van der Waals surface area contributed by atoms with Gasteiger partial charge >= 0.3 is 0 Å². The zero-order chi connectivity index (χ0) is 40.8. The summed E-state index contributed by atoms with van der Waals surface area (Å²) in [6, 6.07) is 14.6. The quantitative estimate of drug-likeness (QED) is 0.104. The lowest BCUT2D eigenvalue weighted by molar-refractivity contribution is -0.137. The lowest BCUT2D eigenvalue weighted by atomic mass is 9.99. The van der Waals surface area contributed by atoms with E-state index in [0.717, 1.165) is 109 Å². The van der Waals surface area contributed by atoms with Gasteiger partial charge < -0.3 is 15.5 Å². The molecule has 15 heteroatoms. The zero-order valence-corrected chi connectivity index (χ0v) is 35.1. The van der Waals surface area contributed by atoms with Crippen molar-refractivity contribution in [2.75, 3.05) is 44.2 Å². The van der Waals surface area contributed by atoms with E-state index in [1.807, 2.05) is 43.3 Å². The first-order chi connectivity index (χ1) is 28.0. The number of hydrogen-bond acceptors (Lipinski definition) is 10. The number of fused-ring (bicyclic) bond motifs is 3. The Morgan fingerprint density at radius 3 is 2.36 bits per heavy atom. The number of aliphatic imine (C=N–C) groups is 1. The largest absolute Gasteiger partial charge is 0.369 e. The number of aryl methyl sites for hydroxylation is 2. The number of nitrogens with zero attached hydrogens (tertiary/aromatic N) is 6. The van der Waals surface area contributed by atoms with Crippen LogP contribution in [0.2, 0.25) is 5.02 Å². The number of imide groups is 1. The van der Waals surface area contributed by atoms with Gasteiger partial charge in [-0.2, -0.15) is 0 Å². The summed E-state index contributed by atoms with van der Waals surface area (Å²) in [4.78, 5) is 60.5. The molecule has 5 heterocycles. The van der Waals surface area contributed by atoms with Crippen molar-refractivity contribution >= 4 is 58.0 Å². The number of unbranched alkanes of at least 4 members (excludes halogenated alkanes) is 4. The number of carbonyl (C=O) groups excluding carboxylic acids is 4. The number of thiophene rings is 1. The molecule has 4 aromatic rings. The van der Waals surface area contributed by atoms with Crippen LogP contribution < -0.4 is 20.9 Å². The molecule has 2 aromatic heterocycles. The maximum Gasteiger partial charge on any atom is 0.249 e. The number of benzene rings is 2. The summed E-state index contributed by atoms with van der Waals surface area (Å²) in [6.45, 7) is 11.8. The van der Waals surface area contributed by atoms with Gasteiger partial charge in [0.2, 0.25) is 23.6 Å². The molecule has 13 nitrogen and oxygen atoms in total. The average Bonchev–Trinajstić information content (AvgIpc) is 3.69. The van der Waals surface area contributed by atoms with Crippen LogP contribution in [0.4, 0.5) is 5.69 Å². The molecule has 3 aliphatic rings. The standard InChI is InChI=1S/C43H52ClN9O4S/c1-27-28(2)58-43-39(27)40(31-11-13-32(44)14-12-31)47-35(41-50-49-29(3)53(41)43)26-37(55)45-19-7-5-4-6-8-20-51-21-23-52(24-22-51)33-15-9-30(10-16-33)25-38(56)46-34-17-18-36(54)48-42(34)57/h9-16,34-35H,4-8,17-26H2,1-3H3,(H,45,55)(H,46,56)(H,48,54,57)/t34?,35-/m0/s1. The second kappa shape index (κ2) is 18.8. The van der Waals surface area contributed by atoms with E-state index in [9.17, 15) is 19.2 Å². The number of amides is 4. The van der Waals surface area contributed by atoms with Gasteiger partial charge in [0, 0.05) is 65.9 Å². The molecule has 1 unspecified atom stereocenters. The van der Waals surface area contributed by atoms with Crippen LogP contribution in [0.25, 0.3) is 5.00 Å². The molecule has 0 bridgehead atoms. The third-order valence-electron chi connectivity index (χ3n) is 11.3. The molecule has 2 aromatic carbocycles. The van der Waals surface area contributed by atoms with E-state index >= 15 is 0 Å². The van der Waals surface area contributed by atoms with Crippen molar-refractivity contribution in [3.8, 4) is 5.00 Å². The highest BCUT2D eigenvalue weighted by molar-refractivity contribution is 7.15. The number of piperazine rings is 1. The highest BCUT2D eigenvalue weighted by atomic mass is 35.5. The molecule has 0 radical (unpaired) electrons. The molecule has 0 saturated carbocycles. The molecule has 306 valence electrons. The number of carbonyl (C=O) groups is 4. The van der Waals surface area contributed by atoms with E-state index in [4.69, 9.17) is 16.6 Å². The van der Waals surface area contributed by atoms with Gasteiger partial charge in [-0.05, 0) is 82.0 Å². The van der Waals surface area contributed by atoms with E-state index in [-0.39, 0.29) is 37.0 Å². The molecule has 0 spiro atoms. The molecule has 2 saturated heterocycles. The molecule has 2 fully saturated rings. The monoisotopic (exact) mass is 825 g/mol. The first-order valence-corrected chi connectivity index (χ1v) is 21.6. The second-order valence-electron chi connectivity index (χ2n) is 15.5. The SMILES string of the molecule is Cc1sc2c(c1C)C(c1ccc(Cl)cc1)=N[C@@H](CC(=O)NCCCCCCCN1CCN(c3ccc(CC(=O)NC4CCC(=O)NC4=O)cc3)CC1)c1nnc(C)n1-2. The van der Waals surface area contributed by atoms with Gasteiger partial charge in [0.1, 0.15) is 22.9 Å². The van der Waals surface area contributed by atoms with Crippen molar-refractivity contribution < 1.29 is 19.2 Å². The smallest absolute Gasteiger partial charge is 0.249 e. The molecule has 0 aliphatic carbocycles. The number of rotatable bonds is 15. The number of anilines is 1. The third-order valence-corrected chi connectivity index (χ3v) is 12.8. The normalized spacial score (nSPS) is 18.2. The molecule has 2 atom stereocenters. The van der Waals surface area contributed by atoms with Crippen molar-refractivity contribution in [2.45, 2.75) is 90.6 Å². The minimum atomic E-state index is -0.656. The van der Waals surface area contributed by atoms with Crippen molar-refractivity contribution in [1.82, 2.24) is 35.6 Å². The Bertz CT molecular complexity index is 2160. The van der Waals surface area contributed by atoms with E-state index in [1.54, 1.807) is 11.3 Å². The number of hydrogen-bond donors (Lipinski definition) is 3. The van der Waals surface area contributed by atoms with Gasteiger partial charge in [-0.25, -0.2) is 0 Å². The van der Waals surface area contributed by atoms with Crippen LogP contribution in [0, 0.1) is 20.8 Å². The molecule has 3 aliphatic heterocycles. The fourth-order valence-corrected chi connectivity index (χ4v) is 9.26. The van der Waals surface area contributed by atoms with Gasteiger partial charge in [-0.15, -0.1) is 21.5 Å². The minimum Gasteiger partial charge on any atom is -0.369 e. The molecule has 3 N–H and O–H groups in total. The molecule has 7 rings (SSSR count). The van der Waals surface area contributed by atoms with Crippen molar-refractivity contribution in [1.29, 1.82) is 0 Å². The minimum absolute atomic E-state index is 0.0425. The Hall–Kier alpha value is -4.92. The summed E-state index contributed by atoms with van der Waals surface area (Å²) in [5.74, 6) is 0.452. The van der Waals surface area contributed by atoms with Crippen LogP contribution in [-0.2, 0) is 25.6 Å². The molecular formula is C43H52ClN9O4S. The van der Waals surface area contributed by atoms with Crippen LogP contribution in [0.15, 0.2) is 53.5 Å². The molecule has 58 heavy (non-hydrogen) atoms. The predicted molar refractivity (Wildman–Crippen MR) is 227 cm³/mol. The van der Waals surface area contributed by atoms with Crippen LogP contribution in [0.1, 0.15) is 96.2 Å². The van der Waals surface area contributed by atoms with Gasteiger partial charge in [-0.3, -0.25) is 39.0 Å².